The van der Waals surface area contributed by atoms with Gasteiger partial charge in [0, 0.05) is 21.7 Å². The molecular formula is C22H24BrNO5. The van der Waals surface area contributed by atoms with Crippen molar-refractivity contribution < 1.29 is 24.5 Å². The summed E-state index contributed by atoms with van der Waals surface area (Å²) in [5.74, 6) is -0.878. The van der Waals surface area contributed by atoms with E-state index in [1.807, 2.05) is 26.0 Å². The molecule has 6 nitrogen and oxygen atoms in total. The van der Waals surface area contributed by atoms with Crippen LogP contribution in [0.5, 0.6) is 5.75 Å². The highest BCUT2D eigenvalue weighted by Crippen LogP contribution is 2.41. The number of nitrogens with one attached hydrogen (secondary N) is 1. The van der Waals surface area contributed by atoms with Gasteiger partial charge in [0.1, 0.15) is 11.9 Å². The number of phenols is 1. The lowest BCUT2D eigenvalue weighted by Crippen LogP contribution is -2.29. The molecule has 2 aromatic rings. The van der Waals surface area contributed by atoms with Crippen molar-refractivity contribution in [3.8, 4) is 5.75 Å². The van der Waals surface area contributed by atoms with Crippen molar-refractivity contribution in [1.29, 1.82) is 0 Å². The van der Waals surface area contributed by atoms with Gasteiger partial charge in [-0.3, -0.25) is 5.32 Å². The number of carboxylic acid groups (broad SMARTS) is 1. The van der Waals surface area contributed by atoms with Gasteiger partial charge in [-0.1, -0.05) is 48.0 Å². The Morgan fingerprint density at radius 2 is 1.76 bits per heavy atom. The average molecular weight is 462 g/mol. The predicted molar refractivity (Wildman–Crippen MR) is 115 cm³/mol. The number of aromatic hydroxyl groups is 1. The van der Waals surface area contributed by atoms with Gasteiger partial charge in [0.05, 0.1) is 0 Å². The molecule has 3 N–H and O–H groups in total. The molecule has 2 rings (SSSR count). The minimum Gasteiger partial charge on any atom is -0.508 e. The number of hydrogen-bond acceptors (Lipinski definition) is 4. The molecule has 0 spiro atoms. The van der Waals surface area contributed by atoms with Crippen LogP contribution >= 0.6 is 15.9 Å². The highest BCUT2D eigenvalue weighted by Gasteiger charge is 2.33. The molecule has 7 heteroatoms. The highest BCUT2D eigenvalue weighted by atomic mass is 79.9. The molecule has 2 aromatic carbocycles. The summed E-state index contributed by atoms with van der Waals surface area (Å²) in [6.45, 7) is 3.90. The van der Waals surface area contributed by atoms with Crippen molar-refractivity contribution in [2.45, 2.75) is 32.8 Å². The van der Waals surface area contributed by atoms with Crippen LogP contribution in [0.25, 0.3) is 0 Å². The highest BCUT2D eigenvalue weighted by molar-refractivity contribution is 9.10. The van der Waals surface area contributed by atoms with Crippen LogP contribution in [0.4, 0.5) is 10.5 Å². The number of carbonyl (C=O) groups excluding carboxylic acids is 1. The largest absolute Gasteiger partial charge is 0.508 e. The van der Waals surface area contributed by atoms with Crippen LogP contribution in [-0.4, -0.2) is 22.3 Å². The summed E-state index contributed by atoms with van der Waals surface area (Å²) < 4.78 is 6.67. The van der Waals surface area contributed by atoms with E-state index in [1.54, 1.807) is 42.5 Å². The molecule has 0 saturated heterocycles. The molecule has 0 aliphatic rings. The summed E-state index contributed by atoms with van der Waals surface area (Å²) in [6, 6.07) is 13.6. The summed E-state index contributed by atoms with van der Waals surface area (Å²) in [7, 11) is 0. The van der Waals surface area contributed by atoms with E-state index >= 15 is 0 Å². The van der Waals surface area contributed by atoms with Crippen LogP contribution in [0.2, 0.25) is 0 Å². The van der Waals surface area contributed by atoms with Crippen molar-refractivity contribution in [2.75, 3.05) is 5.32 Å². The van der Waals surface area contributed by atoms with Crippen LogP contribution in [0.1, 0.15) is 38.4 Å². The molecule has 0 aromatic heterocycles. The molecule has 0 unspecified atom stereocenters. The summed E-state index contributed by atoms with van der Waals surface area (Å²) in [4.78, 5) is 23.2. The first-order chi connectivity index (χ1) is 13.7. The minimum absolute atomic E-state index is 0.119. The molecule has 0 saturated carbocycles. The SMILES string of the molecule is CC(C)(CC/C=C/C(=O)O)[C@@H](OC(=O)Nc1ccc(Br)cc1)c1ccc(O)cc1. The van der Waals surface area contributed by atoms with Gasteiger partial charge in [0.2, 0.25) is 0 Å². The van der Waals surface area contributed by atoms with Crippen molar-refractivity contribution in [2.24, 2.45) is 5.41 Å². The zero-order valence-corrected chi connectivity index (χ0v) is 17.8. The third-order valence-electron chi connectivity index (χ3n) is 4.44. The molecule has 0 radical (unpaired) electrons. The third kappa shape index (κ3) is 7.27. The first-order valence-electron chi connectivity index (χ1n) is 9.09. The summed E-state index contributed by atoms with van der Waals surface area (Å²) >= 11 is 3.35. The maximum absolute atomic E-state index is 12.5. The monoisotopic (exact) mass is 461 g/mol. The number of aliphatic carboxylic acids is 1. The van der Waals surface area contributed by atoms with Gasteiger partial charge in [-0.15, -0.1) is 0 Å². The molecule has 29 heavy (non-hydrogen) atoms. The van der Waals surface area contributed by atoms with Gasteiger partial charge in [0.25, 0.3) is 0 Å². The number of benzene rings is 2. The van der Waals surface area contributed by atoms with E-state index in [1.165, 1.54) is 0 Å². The number of allylic oxidation sites excluding steroid dienone is 1. The Bertz CT molecular complexity index is 860. The second kappa shape index (κ2) is 10.1. The molecule has 1 amide bonds. The fourth-order valence-electron chi connectivity index (χ4n) is 2.89. The predicted octanol–water partition coefficient (Wildman–Crippen LogP) is 5.89. The van der Waals surface area contributed by atoms with Crippen LogP contribution in [-0.2, 0) is 9.53 Å². The Labute approximate surface area is 178 Å². The fourth-order valence-corrected chi connectivity index (χ4v) is 3.15. The Balaban J connectivity index is 2.17. The number of phenolic OH excluding ortho intramolecular Hbond substituents is 1. The van der Waals surface area contributed by atoms with E-state index < -0.39 is 23.6 Å². The molecular weight excluding hydrogens is 438 g/mol. The lowest BCUT2D eigenvalue weighted by molar-refractivity contribution is -0.131. The Kier molecular flexibility index (Phi) is 7.84. The Hall–Kier alpha value is -2.80. The van der Waals surface area contributed by atoms with Gasteiger partial charge in [-0.05, 0) is 54.8 Å². The Morgan fingerprint density at radius 1 is 1.14 bits per heavy atom. The standard InChI is InChI=1S/C22H24BrNO5/c1-22(2,14-4-3-5-19(26)27)20(15-6-12-18(25)13-7-15)29-21(28)24-17-10-8-16(23)9-11-17/h3,5-13,20,25H,4,14H2,1-2H3,(H,24,28)(H,26,27)/b5-3+/t20-/m0/s1. The Morgan fingerprint density at radius 3 is 2.34 bits per heavy atom. The van der Waals surface area contributed by atoms with Crippen LogP contribution in [0.3, 0.4) is 0 Å². The van der Waals surface area contributed by atoms with Crippen molar-refractivity contribution in [3.05, 3.63) is 70.7 Å². The molecule has 0 heterocycles. The van der Waals surface area contributed by atoms with E-state index in [2.05, 4.69) is 21.2 Å². The summed E-state index contributed by atoms with van der Waals surface area (Å²) in [5.41, 5.74) is 0.850. The van der Waals surface area contributed by atoms with E-state index in [0.717, 1.165) is 16.1 Å². The van der Waals surface area contributed by atoms with Gasteiger partial charge in [0.15, 0.2) is 0 Å². The normalized spacial score (nSPS) is 12.5. The fraction of sp³-hybridized carbons (Fsp3) is 0.273. The van der Waals surface area contributed by atoms with Crippen molar-refractivity contribution >= 4 is 33.7 Å². The molecule has 0 bridgehead atoms. The molecule has 0 fully saturated rings. The van der Waals surface area contributed by atoms with Gasteiger partial charge >= 0.3 is 12.1 Å². The second-order valence-corrected chi connectivity index (χ2v) is 8.19. The number of amides is 1. The quantitative estimate of drug-likeness (QED) is 0.425. The number of halogens is 1. The molecule has 154 valence electrons. The van der Waals surface area contributed by atoms with Gasteiger partial charge < -0.3 is 14.9 Å². The van der Waals surface area contributed by atoms with Crippen molar-refractivity contribution in [1.82, 2.24) is 0 Å². The number of carboxylic acids is 1. The smallest absolute Gasteiger partial charge is 0.412 e. The third-order valence-corrected chi connectivity index (χ3v) is 4.97. The van der Waals surface area contributed by atoms with E-state index in [0.29, 0.717) is 18.5 Å². The van der Waals surface area contributed by atoms with Crippen molar-refractivity contribution in [3.63, 3.8) is 0 Å². The number of rotatable bonds is 8. The van der Waals surface area contributed by atoms with E-state index in [-0.39, 0.29) is 5.75 Å². The van der Waals surface area contributed by atoms with Gasteiger partial charge in [-0.2, -0.15) is 0 Å². The minimum atomic E-state index is -0.997. The number of carbonyl (C=O) groups is 2. The summed E-state index contributed by atoms with van der Waals surface area (Å²) in [6.07, 6.45) is 2.60. The maximum Gasteiger partial charge on any atom is 0.412 e. The lowest BCUT2D eigenvalue weighted by Gasteiger charge is -2.34. The number of hydrogen-bond donors (Lipinski definition) is 3. The van der Waals surface area contributed by atoms with Gasteiger partial charge in [-0.25, -0.2) is 9.59 Å². The molecule has 0 aliphatic heterocycles. The van der Waals surface area contributed by atoms with E-state index in [9.17, 15) is 14.7 Å². The van der Waals surface area contributed by atoms with Crippen LogP contribution in [0.15, 0.2) is 65.2 Å². The maximum atomic E-state index is 12.5. The number of ether oxygens (including phenoxy) is 1. The van der Waals surface area contributed by atoms with Crippen LogP contribution < -0.4 is 5.32 Å². The zero-order valence-electron chi connectivity index (χ0n) is 16.3. The zero-order chi connectivity index (χ0) is 21.4. The summed E-state index contributed by atoms with van der Waals surface area (Å²) in [5, 5.41) is 21.0. The first-order valence-corrected chi connectivity index (χ1v) is 9.88. The van der Waals surface area contributed by atoms with Crippen LogP contribution in [0, 0.1) is 5.41 Å². The molecule has 1 atom stereocenters. The number of anilines is 1. The lowest BCUT2D eigenvalue weighted by atomic mass is 9.78. The molecule has 0 aliphatic carbocycles. The first kappa shape index (κ1) is 22.5. The van der Waals surface area contributed by atoms with E-state index in [4.69, 9.17) is 9.84 Å². The average Bonchev–Trinajstić information content (AvgIpc) is 2.66. The second-order valence-electron chi connectivity index (χ2n) is 7.28. The topological polar surface area (TPSA) is 95.9 Å².